The molecule has 0 heterocycles. The van der Waals surface area contributed by atoms with Crippen molar-refractivity contribution in [2.75, 3.05) is 19.8 Å². The van der Waals surface area contributed by atoms with Crippen LogP contribution in [-0.4, -0.2) is 37.9 Å². The predicted octanol–water partition coefficient (Wildman–Crippen LogP) is 2.82. The van der Waals surface area contributed by atoms with Crippen molar-refractivity contribution in [1.82, 2.24) is 0 Å². The van der Waals surface area contributed by atoms with Gasteiger partial charge < -0.3 is 14.2 Å². The first kappa shape index (κ1) is 19.9. The summed E-state index contributed by atoms with van der Waals surface area (Å²) < 4.78 is 15.7. The Morgan fingerprint density at radius 1 is 0.762 bits per heavy atom. The standard InChI is InChI=1S/C16H30O5/c1-11(2)8-19-14(16(18)21-10-13(5)6)7-15(17)20-9-12(3)4/h11-14H,7-10H2,1-6H3. The first-order valence-corrected chi connectivity index (χ1v) is 7.66. The largest absolute Gasteiger partial charge is 0.465 e. The molecule has 0 fully saturated rings. The fourth-order valence-electron chi connectivity index (χ4n) is 1.33. The van der Waals surface area contributed by atoms with Crippen molar-refractivity contribution < 1.29 is 23.8 Å². The molecule has 0 aliphatic heterocycles. The highest BCUT2D eigenvalue weighted by molar-refractivity contribution is 5.81. The van der Waals surface area contributed by atoms with Gasteiger partial charge in [0.05, 0.1) is 26.2 Å². The molecule has 5 nitrogen and oxygen atoms in total. The zero-order valence-electron chi connectivity index (χ0n) is 14.2. The molecule has 0 spiro atoms. The fourth-order valence-corrected chi connectivity index (χ4v) is 1.33. The number of rotatable bonds is 10. The Balaban J connectivity index is 4.43. The van der Waals surface area contributed by atoms with Crippen molar-refractivity contribution >= 4 is 11.9 Å². The van der Waals surface area contributed by atoms with Gasteiger partial charge in [0.1, 0.15) is 0 Å². The monoisotopic (exact) mass is 302 g/mol. The number of hydrogen-bond donors (Lipinski definition) is 0. The summed E-state index contributed by atoms with van der Waals surface area (Å²) in [5, 5.41) is 0. The Morgan fingerprint density at radius 3 is 1.71 bits per heavy atom. The van der Waals surface area contributed by atoms with Crippen molar-refractivity contribution in [2.45, 2.75) is 54.1 Å². The molecule has 0 radical (unpaired) electrons. The molecule has 0 aromatic rings. The van der Waals surface area contributed by atoms with E-state index in [1.165, 1.54) is 0 Å². The van der Waals surface area contributed by atoms with Crippen molar-refractivity contribution in [2.24, 2.45) is 17.8 Å². The van der Waals surface area contributed by atoms with E-state index in [1.54, 1.807) is 0 Å². The van der Waals surface area contributed by atoms with E-state index >= 15 is 0 Å². The highest BCUT2D eigenvalue weighted by Gasteiger charge is 2.25. The van der Waals surface area contributed by atoms with E-state index in [-0.39, 0.29) is 24.2 Å². The lowest BCUT2D eigenvalue weighted by Gasteiger charge is -2.18. The maximum atomic E-state index is 12.0. The van der Waals surface area contributed by atoms with Crippen LogP contribution >= 0.6 is 0 Å². The molecule has 0 N–H and O–H groups in total. The van der Waals surface area contributed by atoms with Gasteiger partial charge in [-0.2, -0.15) is 0 Å². The molecule has 0 saturated heterocycles. The molecule has 1 atom stereocenters. The summed E-state index contributed by atoms with van der Waals surface area (Å²) in [6.45, 7) is 12.8. The summed E-state index contributed by atoms with van der Waals surface area (Å²) in [5.41, 5.74) is 0. The normalized spacial score (nSPS) is 12.8. The number of ether oxygens (including phenoxy) is 3. The molecule has 5 heteroatoms. The van der Waals surface area contributed by atoms with Crippen LogP contribution in [0.15, 0.2) is 0 Å². The van der Waals surface area contributed by atoms with Crippen molar-refractivity contribution in [3.8, 4) is 0 Å². The zero-order valence-corrected chi connectivity index (χ0v) is 14.2. The molecular weight excluding hydrogens is 272 g/mol. The third-order valence-electron chi connectivity index (χ3n) is 2.38. The maximum Gasteiger partial charge on any atom is 0.335 e. The van der Waals surface area contributed by atoms with Gasteiger partial charge in [-0.1, -0.05) is 41.5 Å². The Labute approximate surface area is 128 Å². The van der Waals surface area contributed by atoms with Crippen LogP contribution in [0.4, 0.5) is 0 Å². The highest BCUT2D eigenvalue weighted by Crippen LogP contribution is 2.08. The van der Waals surface area contributed by atoms with Crippen LogP contribution in [0, 0.1) is 17.8 Å². The van der Waals surface area contributed by atoms with E-state index in [0.717, 1.165) is 0 Å². The van der Waals surface area contributed by atoms with Gasteiger partial charge in [0.25, 0.3) is 0 Å². The molecule has 0 bridgehead atoms. The number of hydrogen-bond acceptors (Lipinski definition) is 5. The van der Waals surface area contributed by atoms with Gasteiger partial charge in [0.2, 0.25) is 0 Å². The van der Waals surface area contributed by atoms with Crippen LogP contribution in [0.5, 0.6) is 0 Å². The van der Waals surface area contributed by atoms with Crippen molar-refractivity contribution in [3.05, 3.63) is 0 Å². The molecule has 0 rings (SSSR count). The Morgan fingerprint density at radius 2 is 1.24 bits per heavy atom. The van der Waals surface area contributed by atoms with E-state index in [9.17, 15) is 9.59 Å². The maximum absolute atomic E-state index is 12.0. The fraction of sp³-hybridized carbons (Fsp3) is 0.875. The van der Waals surface area contributed by atoms with Crippen molar-refractivity contribution in [3.63, 3.8) is 0 Å². The number of carbonyl (C=O) groups is 2. The van der Waals surface area contributed by atoms with Crippen molar-refractivity contribution in [1.29, 1.82) is 0 Å². The first-order valence-electron chi connectivity index (χ1n) is 7.66. The summed E-state index contributed by atoms with van der Waals surface area (Å²) in [6, 6.07) is 0. The number of esters is 2. The second-order valence-electron chi connectivity index (χ2n) is 6.52. The van der Waals surface area contributed by atoms with Crippen LogP contribution in [0.2, 0.25) is 0 Å². The Hall–Kier alpha value is -1.10. The third-order valence-corrected chi connectivity index (χ3v) is 2.38. The van der Waals surface area contributed by atoms with E-state index < -0.39 is 18.0 Å². The molecule has 0 aromatic carbocycles. The lowest BCUT2D eigenvalue weighted by molar-refractivity contribution is -0.165. The van der Waals surface area contributed by atoms with E-state index in [4.69, 9.17) is 14.2 Å². The minimum atomic E-state index is -0.884. The molecular formula is C16H30O5. The summed E-state index contributed by atoms with van der Waals surface area (Å²) in [4.78, 5) is 23.7. The predicted molar refractivity (Wildman–Crippen MR) is 80.8 cm³/mol. The summed E-state index contributed by atoms with van der Waals surface area (Å²) >= 11 is 0. The van der Waals surface area contributed by atoms with E-state index in [2.05, 4.69) is 0 Å². The van der Waals surface area contributed by atoms with Crippen LogP contribution in [-0.2, 0) is 23.8 Å². The van der Waals surface area contributed by atoms with Crippen LogP contribution in [0.1, 0.15) is 48.0 Å². The van der Waals surface area contributed by atoms with Gasteiger partial charge in [0.15, 0.2) is 6.10 Å². The van der Waals surface area contributed by atoms with E-state index in [0.29, 0.717) is 19.8 Å². The van der Waals surface area contributed by atoms with Gasteiger partial charge in [-0.05, 0) is 17.8 Å². The topological polar surface area (TPSA) is 61.8 Å². The molecule has 0 aromatic heterocycles. The van der Waals surface area contributed by atoms with Gasteiger partial charge in [-0.25, -0.2) is 4.79 Å². The molecule has 0 saturated carbocycles. The lowest BCUT2D eigenvalue weighted by Crippen LogP contribution is -2.32. The van der Waals surface area contributed by atoms with Crippen LogP contribution in [0.3, 0.4) is 0 Å². The minimum Gasteiger partial charge on any atom is -0.465 e. The summed E-state index contributed by atoms with van der Waals surface area (Å²) in [5.74, 6) is -0.147. The van der Waals surface area contributed by atoms with Gasteiger partial charge in [0, 0.05) is 0 Å². The summed E-state index contributed by atoms with van der Waals surface area (Å²) in [7, 11) is 0. The Bertz CT molecular complexity index is 310. The van der Waals surface area contributed by atoms with Gasteiger partial charge in [-0.15, -0.1) is 0 Å². The first-order chi connectivity index (χ1) is 9.72. The smallest absolute Gasteiger partial charge is 0.335 e. The van der Waals surface area contributed by atoms with Crippen LogP contribution in [0.25, 0.3) is 0 Å². The van der Waals surface area contributed by atoms with Gasteiger partial charge >= 0.3 is 11.9 Å². The highest BCUT2D eigenvalue weighted by atomic mass is 16.6. The third kappa shape index (κ3) is 11.3. The lowest BCUT2D eigenvalue weighted by atomic mass is 10.2. The summed E-state index contributed by atoms with van der Waals surface area (Å²) in [6.07, 6.45) is -0.984. The molecule has 124 valence electrons. The molecule has 0 aliphatic rings. The molecule has 0 aliphatic carbocycles. The average Bonchev–Trinajstić information content (AvgIpc) is 2.38. The second kappa shape index (κ2) is 10.6. The SMILES string of the molecule is CC(C)COC(=O)CC(OCC(C)C)C(=O)OCC(C)C. The molecule has 0 amide bonds. The van der Waals surface area contributed by atoms with E-state index in [1.807, 2.05) is 41.5 Å². The number of carbonyl (C=O) groups excluding carboxylic acids is 2. The van der Waals surface area contributed by atoms with Crippen LogP contribution < -0.4 is 0 Å². The minimum absolute atomic E-state index is 0.101. The molecule has 21 heavy (non-hydrogen) atoms. The second-order valence-corrected chi connectivity index (χ2v) is 6.52. The zero-order chi connectivity index (χ0) is 16.4. The quantitative estimate of drug-likeness (QED) is 0.581. The molecule has 1 unspecified atom stereocenters. The average molecular weight is 302 g/mol. The van der Waals surface area contributed by atoms with Gasteiger partial charge in [-0.3, -0.25) is 4.79 Å². The Kier molecular flexibility index (Phi) is 10.0.